The predicted octanol–water partition coefficient (Wildman–Crippen LogP) is 4.22. The molecule has 0 heterocycles. The average molecular weight is 399 g/mol. The summed E-state index contributed by atoms with van der Waals surface area (Å²) in [4.78, 5) is 12.1. The molecular formula is C23H29NO5. The zero-order chi connectivity index (χ0) is 21.1. The summed E-state index contributed by atoms with van der Waals surface area (Å²) >= 11 is 0. The Morgan fingerprint density at radius 3 is 2.45 bits per heavy atom. The Bertz CT molecular complexity index is 804. The molecule has 0 aliphatic heterocycles. The Morgan fingerprint density at radius 2 is 1.79 bits per heavy atom. The molecule has 0 saturated heterocycles. The van der Waals surface area contributed by atoms with Crippen LogP contribution >= 0.6 is 0 Å². The molecule has 6 heteroatoms. The molecule has 0 fully saturated rings. The fourth-order valence-corrected chi connectivity index (χ4v) is 2.89. The number of rotatable bonds is 10. The highest BCUT2D eigenvalue weighted by Gasteiger charge is 2.15. The van der Waals surface area contributed by atoms with Crippen LogP contribution in [0.1, 0.15) is 23.6 Å². The summed E-state index contributed by atoms with van der Waals surface area (Å²) < 4.78 is 21.4. The van der Waals surface area contributed by atoms with Gasteiger partial charge in [-0.3, -0.25) is 0 Å². The highest BCUT2D eigenvalue weighted by Crippen LogP contribution is 2.30. The van der Waals surface area contributed by atoms with Crippen molar-refractivity contribution in [3.8, 4) is 11.5 Å². The van der Waals surface area contributed by atoms with Crippen LogP contribution in [0, 0.1) is 0 Å². The zero-order valence-corrected chi connectivity index (χ0v) is 17.4. The van der Waals surface area contributed by atoms with Gasteiger partial charge in [-0.2, -0.15) is 0 Å². The number of benzene rings is 2. The molecule has 0 spiro atoms. The van der Waals surface area contributed by atoms with E-state index in [1.165, 1.54) is 0 Å². The third kappa shape index (κ3) is 7.16. The van der Waals surface area contributed by atoms with E-state index in [4.69, 9.17) is 18.9 Å². The number of carbonyl (C=O) groups is 1. The predicted molar refractivity (Wildman–Crippen MR) is 113 cm³/mol. The summed E-state index contributed by atoms with van der Waals surface area (Å²) in [6.45, 7) is 2.67. The summed E-state index contributed by atoms with van der Waals surface area (Å²) in [5.74, 6) is 1.46. The lowest BCUT2D eigenvalue weighted by Gasteiger charge is -2.18. The maximum Gasteiger partial charge on any atom is 0.407 e. The van der Waals surface area contributed by atoms with Gasteiger partial charge in [0, 0.05) is 18.7 Å². The molecule has 1 N–H and O–H groups in total. The zero-order valence-electron chi connectivity index (χ0n) is 17.4. The highest BCUT2D eigenvalue weighted by atomic mass is 16.5. The van der Waals surface area contributed by atoms with Crippen LogP contribution in [-0.4, -0.2) is 40.1 Å². The lowest BCUT2D eigenvalue weighted by Crippen LogP contribution is -2.34. The topological polar surface area (TPSA) is 66.0 Å². The third-order valence-corrected chi connectivity index (χ3v) is 4.30. The quantitative estimate of drug-likeness (QED) is 0.648. The van der Waals surface area contributed by atoms with E-state index >= 15 is 0 Å². The minimum absolute atomic E-state index is 0.147. The Morgan fingerprint density at radius 1 is 1.07 bits per heavy atom. The summed E-state index contributed by atoms with van der Waals surface area (Å²) in [6, 6.07) is 13.3. The Labute approximate surface area is 172 Å². The number of carbonyl (C=O) groups excluding carboxylic acids is 1. The number of nitrogens with one attached hydrogen (secondary N) is 1. The smallest absolute Gasteiger partial charge is 0.407 e. The fraction of sp³-hybridized carbons (Fsp3) is 0.348. The normalized spacial score (nSPS) is 11.9. The van der Waals surface area contributed by atoms with Crippen molar-refractivity contribution in [1.29, 1.82) is 0 Å². The van der Waals surface area contributed by atoms with Crippen molar-refractivity contribution in [2.45, 2.75) is 26.0 Å². The minimum atomic E-state index is -0.452. The van der Waals surface area contributed by atoms with E-state index in [0.29, 0.717) is 13.0 Å². The average Bonchev–Trinajstić information content (AvgIpc) is 2.73. The first-order chi connectivity index (χ1) is 14.1. The molecule has 29 heavy (non-hydrogen) atoms. The van der Waals surface area contributed by atoms with Crippen LogP contribution in [0.2, 0.25) is 0 Å². The SMILES string of the molecule is COC/C=C/c1cc(OC)c(CC(C)NC(=O)OCc2ccccc2)cc1OC. The van der Waals surface area contributed by atoms with Crippen LogP contribution < -0.4 is 14.8 Å². The van der Waals surface area contributed by atoms with Crippen molar-refractivity contribution >= 4 is 12.2 Å². The standard InChI is InChI=1S/C23H29NO5/c1-17(24-23(25)29-16-18-9-6-5-7-10-18)13-20-15-21(27-3)19(11-8-12-26-2)14-22(20)28-4/h5-11,14-15,17H,12-13,16H2,1-4H3,(H,24,25)/b11-8+. The number of amides is 1. The molecule has 1 amide bonds. The van der Waals surface area contributed by atoms with E-state index in [0.717, 1.165) is 28.2 Å². The Balaban J connectivity index is 2.00. The van der Waals surface area contributed by atoms with Crippen LogP contribution in [0.5, 0.6) is 11.5 Å². The van der Waals surface area contributed by atoms with Gasteiger partial charge in [-0.1, -0.05) is 42.5 Å². The molecular weight excluding hydrogens is 370 g/mol. The van der Waals surface area contributed by atoms with Gasteiger partial charge in [-0.05, 0) is 36.6 Å². The molecule has 0 bridgehead atoms. The van der Waals surface area contributed by atoms with Gasteiger partial charge in [0.05, 0.1) is 20.8 Å². The molecule has 156 valence electrons. The first kappa shape index (κ1) is 22.3. The van der Waals surface area contributed by atoms with Crippen molar-refractivity contribution in [3.63, 3.8) is 0 Å². The second-order valence-electron chi connectivity index (χ2n) is 6.57. The van der Waals surface area contributed by atoms with Crippen molar-refractivity contribution in [3.05, 3.63) is 65.2 Å². The van der Waals surface area contributed by atoms with Gasteiger partial charge in [0.25, 0.3) is 0 Å². The molecule has 2 aromatic carbocycles. The number of alkyl carbamates (subject to hydrolysis) is 1. The molecule has 2 aromatic rings. The fourth-order valence-electron chi connectivity index (χ4n) is 2.89. The van der Waals surface area contributed by atoms with E-state index in [1.807, 2.05) is 61.5 Å². The summed E-state index contributed by atoms with van der Waals surface area (Å²) in [6.07, 6.45) is 3.95. The molecule has 0 aromatic heterocycles. The number of hydrogen-bond donors (Lipinski definition) is 1. The van der Waals surface area contributed by atoms with E-state index in [1.54, 1.807) is 21.3 Å². The van der Waals surface area contributed by atoms with Crippen LogP contribution in [0.15, 0.2) is 48.5 Å². The van der Waals surface area contributed by atoms with Crippen LogP contribution in [-0.2, 0) is 22.5 Å². The lowest BCUT2D eigenvalue weighted by atomic mass is 10.0. The number of hydrogen-bond acceptors (Lipinski definition) is 5. The van der Waals surface area contributed by atoms with E-state index in [9.17, 15) is 4.79 Å². The van der Waals surface area contributed by atoms with E-state index in [-0.39, 0.29) is 12.6 Å². The van der Waals surface area contributed by atoms with Crippen molar-refractivity contribution in [2.24, 2.45) is 0 Å². The second kappa shape index (κ2) is 11.8. The summed E-state index contributed by atoms with van der Waals surface area (Å²) in [5.41, 5.74) is 2.77. The number of ether oxygens (including phenoxy) is 4. The van der Waals surface area contributed by atoms with Gasteiger partial charge >= 0.3 is 6.09 Å². The van der Waals surface area contributed by atoms with Crippen LogP contribution in [0.4, 0.5) is 4.79 Å². The molecule has 0 saturated carbocycles. The summed E-state index contributed by atoms with van der Waals surface area (Å²) in [7, 11) is 4.90. The molecule has 0 aliphatic carbocycles. The van der Waals surface area contributed by atoms with Gasteiger partial charge in [0.15, 0.2) is 0 Å². The van der Waals surface area contributed by atoms with Gasteiger partial charge in [0.2, 0.25) is 0 Å². The molecule has 1 atom stereocenters. The van der Waals surface area contributed by atoms with Crippen molar-refractivity contribution in [2.75, 3.05) is 27.9 Å². The van der Waals surface area contributed by atoms with E-state index in [2.05, 4.69) is 5.32 Å². The van der Waals surface area contributed by atoms with Gasteiger partial charge < -0.3 is 24.3 Å². The second-order valence-corrected chi connectivity index (χ2v) is 6.57. The maximum absolute atomic E-state index is 12.1. The monoisotopic (exact) mass is 399 g/mol. The minimum Gasteiger partial charge on any atom is -0.496 e. The van der Waals surface area contributed by atoms with Gasteiger partial charge in [-0.25, -0.2) is 4.79 Å². The molecule has 6 nitrogen and oxygen atoms in total. The van der Waals surface area contributed by atoms with Crippen LogP contribution in [0.25, 0.3) is 6.08 Å². The van der Waals surface area contributed by atoms with Gasteiger partial charge in [0.1, 0.15) is 18.1 Å². The molecule has 2 rings (SSSR count). The lowest BCUT2D eigenvalue weighted by molar-refractivity contribution is 0.136. The summed E-state index contributed by atoms with van der Waals surface area (Å²) in [5, 5.41) is 2.86. The van der Waals surface area contributed by atoms with Crippen molar-refractivity contribution in [1.82, 2.24) is 5.32 Å². The van der Waals surface area contributed by atoms with Crippen molar-refractivity contribution < 1.29 is 23.7 Å². The largest absolute Gasteiger partial charge is 0.496 e. The van der Waals surface area contributed by atoms with Crippen LogP contribution in [0.3, 0.4) is 0 Å². The van der Waals surface area contributed by atoms with E-state index < -0.39 is 6.09 Å². The Kier molecular flexibility index (Phi) is 9.05. The molecule has 1 unspecified atom stereocenters. The first-order valence-electron chi connectivity index (χ1n) is 9.45. The number of methoxy groups -OCH3 is 3. The highest BCUT2D eigenvalue weighted by molar-refractivity contribution is 5.67. The molecule has 0 radical (unpaired) electrons. The molecule has 0 aliphatic rings. The first-order valence-corrected chi connectivity index (χ1v) is 9.45. The maximum atomic E-state index is 12.1. The Hall–Kier alpha value is -2.99. The third-order valence-electron chi connectivity index (χ3n) is 4.30. The van der Waals surface area contributed by atoms with Gasteiger partial charge in [-0.15, -0.1) is 0 Å².